The fraction of sp³-hybridized carbons (Fsp3) is 0.500. The molecule has 2 saturated heterocycles. The summed E-state index contributed by atoms with van der Waals surface area (Å²) in [5.74, 6) is 0.800. The van der Waals surface area contributed by atoms with Crippen molar-refractivity contribution in [3.63, 3.8) is 0 Å². The van der Waals surface area contributed by atoms with Crippen LogP contribution in [0.5, 0.6) is 5.75 Å². The summed E-state index contributed by atoms with van der Waals surface area (Å²) in [4.78, 5) is 13.9. The summed E-state index contributed by atoms with van der Waals surface area (Å²) in [7, 11) is 2.25. The van der Waals surface area contributed by atoms with Crippen LogP contribution in [0.4, 0.5) is 0 Å². The molecule has 1 aromatic heterocycles. The number of piperidine rings is 2. The molecule has 0 radical (unpaired) electrons. The molecule has 4 rings (SSSR count). The largest absolute Gasteiger partial charge is 0.490 e. The molecule has 0 aliphatic carbocycles. The summed E-state index contributed by atoms with van der Waals surface area (Å²) >= 11 is 0. The van der Waals surface area contributed by atoms with Gasteiger partial charge in [-0.2, -0.15) is 0 Å². The topological polar surface area (TPSA) is 42.7 Å². The Labute approximate surface area is 129 Å². The van der Waals surface area contributed by atoms with Gasteiger partial charge in [0.2, 0.25) is 0 Å². The predicted octanol–water partition coefficient (Wildman–Crippen LogP) is 3.19. The van der Waals surface area contributed by atoms with Crippen molar-refractivity contribution >= 4 is 11.0 Å². The van der Waals surface area contributed by atoms with Crippen LogP contribution >= 0.6 is 0 Å². The van der Waals surface area contributed by atoms with E-state index in [0.717, 1.165) is 24.0 Å². The molecule has 2 fully saturated rings. The lowest BCUT2D eigenvalue weighted by atomic mass is 9.83. The normalized spacial score (nSPS) is 28.7. The predicted molar refractivity (Wildman–Crippen MR) is 85.3 cm³/mol. The third kappa shape index (κ3) is 2.52. The average Bonchev–Trinajstić information content (AvgIpc) is 2.48. The summed E-state index contributed by atoms with van der Waals surface area (Å²) in [5.41, 5.74) is 0.275. The first kappa shape index (κ1) is 13.8. The second-order valence-electron chi connectivity index (χ2n) is 6.57. The van der Waals surface area contributed by atoms with Crippen LogP contribution in [0.25, 0.3) is 11.0 Å². The van der Waals surface area contributed by atoms with Gasteiger partial charge in [0.25, 0.3) is 0 Å². The molecule has 0 N–H and O–H groups in total. The second-order valence-corrected chi connectivity index (χ2v) is 6.57. The Balaban J connectivity index is 1.55. The number of nitrogens with zero attached hydrogens (tertiary/aromatic N) is 1. The van der Waals surface area contributed by atoms with E-state index in [-0.39, 0.29) is 11.7 Å². The first-order valence-electron chi connectivity index (χ1n) is 8.11. The molecular formula is C18H21NO3. The van der Waals surface area contributed by atoms with Crippen LogP contribution in [-0.4, -0.2) is 30.1 Å². The van der Waals surface area contributed by atoms with Gasteiger partial charge in [-0.25, -0.2) is 4.79 Å². The zero-order chi connectivity index (χ0) is 15.1. The Hall–Kier alpha value is -1.81. The van der Waals surface area contributed by atoms with E-state index >= 15 is 0 Å². The van der Waals surface area contributed by atoms with Crippen molar-refractivity contribution in [1.29, 1.82) is 0 Å². The van der Waals surface area contributed by atoms with E-state index in [1.165, 1.54) is 25.3 Å². The Bertz CT molecular complexity index is 724. The van der Waals surface area contributed by atoms with Crippen LogP contribution in [-0.2, 0) is 0 Å². The molecular weight excluding hydrogens is 278 g/mol. The molecule has 2 atom stereocenters. The molecule has 4 heteroatoms. The Morgan fingerprint density at radius 1 is 1.14 bits per heavy atom. The summed E-state index contributed by atoms with van der Waals surface area (Å²) < 4.78 is 11.4. The van der Waals surface area contributed by atoms with Gasteiger partial charge in [-0.1, -0.05) is 6.42 Å². The minimum Gasteiger partial charge on any atom is -0.490 e. The fourth-order valence-corrected chi connectivity index (χ4v) is 3.97. The van der Waals surface area contributed by atoms with Crippen molar-refractivity contribution in [2.24, 2.45) is 0 Å². The van der Waals surface area contributed by atoms with Crippen molar-refractivity contribution in [3.05, 3.63) is 40.8 Å². The number of fused-ring (bicyclic) bond motifs is 3. The Morgan fingerprint density at radius 3 is 2.64 bits per heavy atom. The number of ether oxygens (including phenoxy) is 1. The van der Waals surface area contributed by atoms with Gasteiger partial charge in [0.1, 0.15) is 17.4 Å². The highest BCUT2D eigenvalue weighted by Crippen LogP contribution is 2.34. The van der Waals surface area contributed by atoms with Crippen LogP contribution in [0.3, 0.4) is 0 Å². The van der Waals surface area contributed by atoms with Gasteiger partial charge in [-0.05, 0) is 50.9 Å². The Morgan fingerprint density at radius 2 is 1.86 bits per heavy atom. The van der Waals surface area contributed by atoms with E-state index in [1.54, 1.807) is 6.07 Å². The number of hydrogen-bond donors (Lipinski definition) is 0. The molecule has 22 heavy (non-hydrogen) atoms. The molecule has 0 saturated carbocycles. The van der Waals surface area contributed by atoms with Crippen LogP contribution in [0, 0.1) is 0 Å². The van der Waals surface area contributed by atoms with Gasteiger partial charge in [-0.15, -0.1) is 0 Å². The smallest absolute Gasteiger partial charge is 0.336 e. The monoisotopic (exact) mass is 299 g/mol. The first-order chi connectivity index (χ1) is 10.7. The minimum absolute atomic E-state index is 0.263. The molecule has 2 aliphatic heterocycles. The maximum absolute atomic E-state index is 11.3. The van der Waals surface area contributed by atoms with Crippen LogP contribution in [0.15, 0.2) is 39.5 Å². The molecule has 2 unspecified atom stereocenters. The SMILES string of the molecule is CN1C2CCCC1CC(Oc1ccc3ccc(=O)oc3c1)C2. The van der Waals surface area contributed by atoms with E-state index < -0.39 is 0 Å². The lowest BCUT2D eigenvalue weighted by molar-refractivity contribution is 0.000166. The molecule has 3 heterocycles. The third-order valence-electron chi connectivity index (χ3n) is 5.19. The summed E-state index contributed by atoms with van der Waals surface area (Å²) in [6, 6.07) is 10.3. The zero-order valence-electron chi connectivity index (χ0n) is 12.8. The van der Waals surface area contributed by atoms with Gasteiger partial charge >= 0.3 is 5.63 Å². The zero-order valence-corrected chi connectivity index (χ0v) is 12.8. The van der Waals surface area contributed by atoms with Gasteiger partial charge in [-0.3, -0.25) is 0 Å². The number of rotatable bonds is 2. The van der Waals surface area contributed by atoms with Crippen molar-refractivity contribution in [1.82, 2.24) is 4.90 Å². The van der Waals surface area contributed by atoms with Gasteiger partial charge < -0.3 is 14.1 Å². The van der Waals surface area contributed by atoms with E-state index in [0.29, 0.717) is 17.7 Å². The third-order valence-corrected chi connectivity index (χ3v) is 5.19. The highest BCUT2D eigenvalue weighted by molar-refractivity contribution is 5.77. The first-order valence-corrected chi connectivity index (χ1v) is 8.11. The molecule has 2 aromatic rings. The summed E-state index contributed by atoms with van der Waals surface area (Å²) in [5, 5.41) is 0.923. The minimum atomic E-state index is -0.321. The molecule has 116 valence electrons. The molecule has 2 bridgehead atoms. The highest BCUT2D eigenvalue weighted by atomic mass is 16.5. The highest BCUT2D eigenvalue weighted by Gasteiger charge is 2.36. The van der Waals surface area contributed by atoms with E-state index in [2.05, 4.69) is 11.9 Å². The molecule has 0 spiro atoms. The quantitative estimate of drug-likeness (QED) is 0.799. The van der Waals surface area contributed by atoms with E-state index in [1.807, 2.05) is 18.2 Å². The molecule has 2 aliphatic rings. The van der Waals surface area contributed by atoms with Crippen LogP contribution < -0.4 is 10.4 Å². The maximum atomic E-state index is 11.3. The standard InChI is InChI=1S/C18H21NO3/c1-19-13-3-2-4-14(19)10-16(9-13)21-15-7-5-12-6-8-18(20)22-17(12)11-15/h5-8,11,13-14,16H,2-4,9-10H2,1H3. The molecule has 4 nitrogen and oxygen atoms in total. The van der Waals surface area contributed by atoms with Gasteiger partial charge in [0.05, 0.1) is 0 Å². The second kappa shape index (κ2) is 5.43. The van der Waals surface area contributed by atoms with Crippen LogP contribution in [0.2, 0.25) is 0 Å². The number of hydrogen-bond acceptors (Lipinski definition) is 4. The lowest BCUT2D eigenvalue weighted by Crippen LogP contribution is -2.52. The van der Waals surface area contributed by atoms with Crippen LogP contribution in [0.1, 0.15) is 32.1 Å². The summed E-state index contributed by atoms with van der Waals surface area (Å²) in [6.45, 7) is 0. The fourth-order valence-electron chi connectivity index (χ4n) is 3.97. The molecule has 0 amide bonds. The van der Waals surface area contributed by atoms with Crippen molar-refractivity contribution in [2.75, 3.05) is 7.05 Å². The number of benzene rings is 1. The summed E-state index contributed by atoms with van der Waals surface area (Å²) in [6.07, 6.45) is 6.33. The van der Waals surface area contributed by atoms with Crippen molar-refractivity contribution < 1.29 is 9.15 Å². The van der Waals surface area contributed by atoms with E-state index in [4.69, 9.17) is 9.15 Å². The average molecular weight is 299 g/mol. The molecule has 1 aromatic carbocycles. The lowest BCUT2D eigenvalue weighted by Gasteiger charge is -2.46. The van der Waals surface area contributed by atoms with Crippen molar-refractivity contribution in [2.45, 2.75) is 50.3 Å². The maximum Gasteiger partial charge on any atom is 0.336 e. The van der Waals surface area contributed by atoms with E-state index in [9.17, 15) is 4.79 Å². The van der Waals surface area contributed by atoms with Gasteiger partial charge in [0, 0.05) is 29.6 Å². The Kier molecular flexibility index (Phi) is 3.41. The van der Waals surface area contributed by atoms with Crippen molar-refractivity contribution in [3.8, 4) is 5.75 Å². The van der Waals surface area contributed by atoms with Gasteiger partial charge in [0.15, 0.2) is 0 Å².